The van der Waals surface area contributed by atoms with E-state index in [1.165, 1.54) is 23.3 Å². The highest BCUT2D eigenvalue weighted by molar-refractivity contribution is 8.13. The average molecular weight is 451 g/mol. The van der Waals surface area contributed by atoms with Gasteiger partial charge in [-0.3, -0.25) is 4.99 Å². The van der Waals surface area contributed by atoms with Crippen molar-refractivity contribution in [1.82, 2.24) is 10.3 Å². The molecule has 172 valence electrons. The highest BCUT2D eigenvalue weighted by atomic mass is 32.2. The fourth-order valence-electron chi connectivity index (χ4n) is 2.97. The molecule has 2 N–H and O–H groups in total. The number of aromatic nitrogens is 1. The van der Waals surface area contributed by atoms with Crippen molar-refractivity contribution in [3.8, 4) is 0 Å². The fourth-order valence-corrected chi connectivity index (χ4v) is 3.76. The number of aliphatic imine (C=N–C) groups is 1. The number of thioether (sulfide) groups is 1. The van der Waals surface area contributed by atoms with Gasteiger partial charge in [0.2, 0.25) is 0 Å². The molecule has 1 aliphatic heterocycles. The molecule has 31 heavy (non-hydrogen) atoms. The molecule has 0 unspecified atom stereocenters. The number of hydrogen-bond acceptors (Lipinski definition) is 4. The van der Waals surface area contributed by atoms with Gasteiger partial charge < -0.3 is 10.6 Å². The Labute approximate surface area is 190 Å². The molecule has 0 atom stereocenters. The van der Waals surface area contributed by atoms with Gasteiger partial charge in [0.15, 0.2) is 5.17 Å². The molecule has 0 amide bonds. The van der Waals surface area contributed by atoms with Crippen molar-refractivity contribution >= 4 is 22.7 Å². The highest BCUT2D eigenvalue weighted by Gasteiger charge is 2.12. The molecule has 2 aromatic rings. The standard InChI is InChI=1S/C20H24F2N4S.2C2H6/c1-23-20(27-13-15-11-17-8-10-24-19(17)26-12-15)25-9-2-3-14-4-6-16(7-5-14)18(21)22;2*1-2/h4-7,11-12,18H,2-3,8-10,13H2,1H3,(H,23,25)(H,24,26);2*1-2H3. The zero-order valence-electron chi connectivity index (χ0n) is 19.3. The second kappa shape index (κ2) is 15.6. The minimum absolute atomic E-state index is 0.0745. The molecule has 0 saturated carbocycles. The SMILES string of the molecule is CC.CC.CN=C(NCCCc1ccc(C(F)F)cc1)SCc1cnc2c(c1)CCN2. The number of pyridine rings is 1. The van der Waals surface area contributed by atoms with Gasteiger partial charge in [-0.05, 0) is 42.0 Å². The maximum absolute atomic E-state index is 12.6. The van der Waals surface area contributed by atoms with Crippen LogP contribution in [0.15, 0.2) is 41.5 Å². The van der Waals surface area contributed by atoms with Crippen LogP contribution in [0, 0.1) is 0 Å². The predicted molar refractivity (Wildman–Crippen MR) is 132 cm³/mol. The highest BCUT2D eigenvalue weighted by Crippen LogP contribution is 2.22. The molecule has 1 aromatic heterocycles. The summed E-state index contributed by atoms with van der Waals surface area (Å²) >= 11 is 1.67. The van der Waals surface area contributed by atoms with E-state index in [2.05, 4.69) is 26.7 Å². The van der Waals surface area contributed by atoms with Gasteiger partial charge in [-0.2, -0.15) is 0 Å². The first-order chi connectivity index (χ1) is 15.2. The number of aryl methyl sites for hydroxylation is 1. The average Bonchev–Trinajstić information content (AvgIpc) is 3.29. The molecular weight excluding hydrogens is 414 g/mol. The van der Waals surface area contributed by atoms with Crippen molar-refractivity contribution in [2.24, 2.45) is 4.99 Å². The number of nitrogens with one attached hydrogen (secondary N) is 2. The van der Waals surface area contributed by atoms with E-state index < -0.39 is 6.43 Å². The lowest BCUT2D eigenvalue weighted by Crippen LogP contribution is -2.22. The van der Waals surface area contributed by atoms with Crippen molar-refractivity contribution in [3.05, 3.63) is 58.8 Å². The molecule has 1 aromatic carbocycles. The molecule has 4 nitrogen and oxygen atoms in total. The Morgan fingerprint density at radius 3 is 2.52 bits per heavy atom. The second-order valence-corrected chi connectivity index (χ2v) is 7.38. The fraction of sp³-hybridized carbons (Fsp3) is 0.500. The van der Waals surface area contributed by atoms with Crippen molar-refractivity contribution < 1.29 is 8.78 Å². The van der Waals surface area contributed by atoms with E-state index in [4.69, 9.17) is 0 Å². The van der Waals surface area contributed by atoms with Gasteiger partial charge in [0.1, 0.15) is 5.82 Å². The van der Waals surface area contributed by atoms with Gasteiger partial charge in [-0.15, -0.1) is 0 Å². The quantitative estimate of drug-likeness (QED) is 0.288. The third-order valence-corrected chi connectivity index (χ3v) is 5.52. The summed E-state index contributed by atoms with van der Waals surface area (Å²) in [5.74, 6) is 1.84. The lowest BCUT2D eigenvalue weighted by Gasteiger charge is -2.10. The summed E-state index contributed by atoms with van der Waals surface area (Å²) in [6.07, 6.45) is 2.31. The Balaban J connectivity index is 0.00000113. The van der Waals surface area contributed by atoms with E-state index in [1.807, 2.05) is 33.9 Å². The molecule has 3 rings (SSSR count). The topological polar surface area (TPSA) is 49.3 Å². The monoisotopic (exact) mass is 450 g/mol. The van der Waals surface area contributed by atoms with Gasteiger partial charge in [0.05, 0.1) is 0 Å². The molecular formula is C24H36F2N4S. The first-order valence-corrected chi connectivity index (χ1v) is 12.1. The summed E-state index contributed by atoms with van der Waals surface area (Å²) in [4.78, 5) is 8.76. The minimum Gasteiger partial charge on any atom is -0.370 e. The van der Waals surface area contributed by atoms with E-state index in [9.17, 15) is 8.78 Å². The van der Waals surface area contributed by atoms with E-state index in [0.29, 0.717) is 0 Å². The predicted octanol–water partition coefficient (Wildman–Crippen LogP) is 6.48. The molecule has 0 saturated heterocycles. The van der Waals surface area contributed by atoms with Gasteiger partial charge in [-0.1, -0.05) is 63.7 Å². The number of nitrogens with zero attached hydrogens (tertiary/aromatic N) is 2. The first kappa shape index (κ1) is 26.9. The maximum Gasteiger partial charge on any atom is 0.263 e. The van der Waals surface area contributed by atoms with E-state index in [1.54, 1.807) is 30.9 Å². The largest absolute Gasteiger partial charge is 0.370 e. The van der Waals surface area contributed by atoms with Gasteiger partial charge in [0.25, 0.3) is 6.43 Å². The molecule has 0 aliphatic carbocycles. The van der Waals surface area contributed by atoms with E-state index in [-0.39, 0.29) is 5.56 Å². The van der Waals surface area contributed by atoms with E-state index in [0.717, 1.165) is 54.7 Å². The van der Waals surface area contributed by atoms with Crippen LogP contribution in [0.5, 0.6) is 0 Å². The third kappa shape index (κ3) is 9.25. The molecule has 0 radical (unpaired) electrons. The number of anilines is 1. The number of amidine groups is 1. The molecule has 0 spiro atoms. The Morgan fingerprint density at radius 2 is 1.87 bits per heavy atom. The normalized spacial score (nSPS) is 12.2. The molecule has 0 fully saturated rings. The molecule has 7 heteroatoms. The number of hydrogen-bond donors (Lipinski definition) is 2. The number of fused-ring (bicyclic) bond motifs is 1. The van der Waals surface area contributed by atoms with Gasteiger partial charge in [0, 0.05) is 37.7 Å². The van der Waals surface area contributed by atoms with Gasteiger partial charge >= 0.3 is 0 Å². The Hall–Kier alpha value is -2.15. The van der Waals surface area contributed by atoms with Crippen molar-refractivity contribution in [3.63, 3.8) is 0 Å². The number of rotatable bonds is 7. The molecule has 1 aliphatic rings. The van der Waals surface area contributed by atoms with Crippen LogP contribution in [0.2, 0.25) is 0 Å². The maximum atomic E-state index is 12.6. The zero-order valence-corrected chi connectivity index (χ0v) is 20.2. The third-order valence-electron chi connectivity index (χ3n) is 4.44. The van der Waals surface area contributed by atoms with Crippen LogP contribution in [0.4, 0.5) is 14.6 Å². The first-order valence-electron chi connectivity index (χ1n) is 11.1. The van der Waals surface area contributed by atoms with Crippen molar-refractivity contribution in [2.75, 3.05) is 25.5 Å². The summed E-state index contributed by atoms with van der Waals surface area (Å²) in [7, 11) is 1.78. The molecule has 0 bridgehead atoms. The smallest absolute Gasteiger partial charge is 0.263 e. The lowest BCUT2D eigenvalue weighted by atomic mass is 10.1. The van der Waals surface area contributed by atoms with Crippen LogP contribution in [0.1, 0.15) is 62.8 Å². The Morgan fingerprint density at radius 1 is 1.16 bits per heavy atom. The lowest BCUT2D eigenvalue weighted by molar-refractivity contribution is 0.151. The zero-order chi connectivity index (χ0) is 23.1. The van der Waals surface area contributed by atoms with Crippen LogP contribution in [-0.2, 0) is 18.6 Å². The van der Waals surface area contributed by atoms with Crippen LogP contribution in [0.25, 0.3) is 0 Å². The summed E-state index contributed by atoms with van der Waals surface area (Å²) in [5.41, 5.74) is 3.63. The van der Waals surface area contributed by atoms with Crippen LogP contribution < -0.4 is 10.6 Å². The van der Waals surface area contributed by atoms with Crippen LogP contribution >= 0.6 is 11.8 Å². The van der Waals surface area contributed by atoms with Crippen molar-refractivity contribution in [2.45, 2.75) is 59.1 Å². The van der Waals surface area contributed by atoms with Crippen molar-refractivity contribution in [1.29, 1.82) is 0 Å². The van der Waals surface area contributed by atoms with Gasteiger partial charge in [-0.25, -0.2) is 13.8 Å². The molecule has 2 heterocycles. The second-order valence-electron chi connectivity index (χ2n) is 6.42. The summed E-state index contributed by atoms with van der Waals surface area (Å²) in [6.45, 7) is 9.76. The summed E-state index contributed by atoms with van der Waals surface area (Å²) < 4.78 is 25.1. The number of alkyl halides is 2. The summed E-state index contributed by atoms with van der Waals surface area (Å²) in [6, 6.07) is 8.78. The minimum atomic E-state index is -2.40. The Kier molecular flexibility index (Phi) is 13.5. The summed E-state index contributed by atoms with van der Waals surface area (Å²) in [5, 5.41) is 7.52. The Bertz CT molecular complexity index is 780. The number of benzene rings is 1. The van der Waals surface area contributed by atoms with E-state index >= 15 is 0 Å². The van der Waals surface area contributed by atoms with Crippen LogP contribution in [-0.4, -0.2) is 30.3 Å². The number of halogens is 2. The van der Waals surface area contributed by atoms with Crippen LogP contribution in [0.3, 0.4) is 0 Å².